The Labute approximate surface area is 92.9 Å². The molecular formula is C14H21N. The van der Waals surface area contributed by atoms with Crippen LogP contribution in [0.3, 0.4) is 0 Å². The van der Waals surface area contributed by atoms with Crippen LogP contribution in [0, 0.1) is 19.8 Å². The van der Waals surface area contributed by atoms with Crippen LogP contribution in [0.5, 0.6) is 0 Å². The van der Waals surface area contributed by atoms with E-state index in [0.717, 1.165) is 12.5 Å². The predicted octanol–water partition coefficient (Wildman–Crippen LogP) is 3.15. The first-order chi connectivity index (χ1) is 7.13. The summed E-state index contributed by atoms with van der Waals surface area (Å²) in [5.74, 6) is 0.737. The second-order valence-electron chi connectivity index (χ2n) is 4.87. The molecule has 1 aromatic rings. The monoisotopic (exact) mass is 203 g/mol. The normalized spacial score (nSPS) is 24.3. The summed E-state index contributed by atoms with van der Waals surface area (Å²) in [5, 5.41) is 3.61. The zero-order valence-corrected chi connectivity index (χ0v) is 10.2. The van der Waals surface area contributed by atoms with Gasteiger partial charge in [-0.2, -0.15) is 0 Å². The van der Waals surface area contributed by atoms with Crippen LogP contribution in [-0.4, -0.2) is 6.54 Å². The lowest BCUT2D eigenvalue weighted by Gasteiger charge is -2.19. The smallest absolute Gasteiger partial charge is 0.0354 e. The summed E-state index contributed by atoms with van der Waals surface area (Å²) < 4.78 is 0. The number of aryl methyl sites for hydroxylation is 2. The molecule has 0 aliphatic heterocycles. The third-order valence-electron chi connectivity index (χ3n) is 3.46. The van der Waals surface area contributed by atoms with Gasteiger partial charge in [0.2, 0.25) is 0 Å². The Balaban J connectivity index is 2.43. The number of benzene rings is 1. The van der Waals surface area contributed by atoms with Gasteiger partial charge in [-0.25, -0.2) is 0 Å². The first-order valence-corrected chi connectivity index (χ1v) is 5.97. The lowest BCUT2D eigenvalue weighted by Crippen LogP contribution is -2.24. The molecule has 1 nitrogen and oxygen atoms in total. The van der Waals surface area contributed by atoms with Crippen LogP contribution in [0.1, 0.15) is 42.1 Å². The van der Waals surface area contributed by atoms with Gasteiger partial charge >= 0.3 is 0 Å². The fourth-order valence-corrected chi connectivity index (χ4v) is 2.95. The van der Waals surface area contributed by atoms with Crippen LogP contribution in [0.2, 0.25) is 0 Å². The van der Waals surface area contributed by atoms with Crippen LogP contribution in [0.15, 0.2) is 12.1 Å². The molecular weight excluding hydrogens is 182 g/mol. The number of rotatable bonds is 2. The summed E-state index contributed by atoms with van der Waals surface area (Å²) in [6.07, 6.45) is 1.23. The van der Waals surface area contributed by atoms with Crippen molar-refractivity contribution < 1.29 is 0 Å². The maximum absolute atomic E-state index is 3.61. The van der Waals surface area contributed by atoms with E-state index in [9.17, 15) is 0 Å². The SMILES string of the molecule is CCNC1c2c(C)cc(C)cc2CC1C. The van der Waals surface area contributed by atoms with E-state index in [4.69, 9.17) is 0 Å². The Kier molecular flexibility index (Phi) is 2.83. The second kappa shape index (κ2) is 3.97. The highest BCUT2D eigenvalue weighted by Crippen LogP contribution is 2.38. The van der Waals surface area contributed by atoms with Gasteiger partial charge in [0.1, 0.15) is 0 Å². The molecule has 2 atom stereocenters. The van der Waals surface area contributed by atoms with E-state index in [0.29, 0.717) is 6.04 Å². The van der Waals surface area contributed by atoms with Crippen molar-refractivity contribution in [3.8, 4) is 0 Å². The van der Waals surface area contributed by atoms with Gasteiger partial charge in [-0.3, -0.25) is 0 Å². The Morgan fingerprint density at radius 1 is 1.33 bits per heavy atom. The van der Waals surface area contributed by atoms with E-state index in [1.165, 1.54) is 17.5 Å². The Morgan fingerprint density at radius 3 is 2.73 bits per heavy atom. The van der Waals surface area contributed by atoms with Crippen LogP contribution >= 0.6 is 0 Å². The highest BCUT2D eigenvalue weighted by molar-refractivity contribution is 5.44. The number of fused-ring (bicyclic) bond motifs is 1. The standard InChI is InChI=1S/C14H21N/c1-5-15-14-11(4)8-12-7-9(2)6-10(3)13(12)14/h6-7,11,14-15H,5,8H2,1-4H3. The van der Waals surface area contributed by atoms with Crippen LogP contribution in [-0.2, 0) is 6.42 Å². The molecule has 1 aliphatic carbocycles. The fourth-order valence-electron chi connectivity index (χ4n) is 2.95. The minimum Gasteiger partial charge on any atom is -0.310 e. The molecule has 0 bridgehead atoms. The van der Waals surface area contributed by atoms with Crippen LogP contribution in [0.4, 0.5) is 0 Å². The van der Waals surface area contributed by atoms with Crippen molar-refractivity contribution in [3.63, 3.8) is 0 Å². The van der Waals surface area contributed by atoms with Crippen molar-refractivity contribution in [1.29, 1.82) is 0 Å². The summed E-state index contributed by atoms with van der Waals surface area (Å²) in [7, 11) is 0. The molecule has 2 rings (SSSR count). The second-order valence-corrected chi connectivity index (χ2v) is 4.87. The van der Waals surface area contributed by atoms with Crippen LogP contribution < -0.4 is 5.32 Å². The molecule has 0 aromatic heterocycles. The van der Waals surface area contributed by atoms with Crippen molar-refractivity contribution in [2.75, 3.05) is 6.54 Å². The van der Waals surface area contributed by atoms with Gasteiger partial charge in [0, 0.05) is 6.04 Å². The maximum atomic E-state index is 3.61. The van der Waals surface area contributed by atoms with E-state index in [1.807, 2.05) is 0 Å². The first-order valence-electron chi connectivity index (χ1n) is 5.97. The molecule has 1 aromatic carbocycles. The molecule has 0 radical (unpaired) electrons. The van der Waals surface area contributed by atoms with Gasteiger partial charge < -0.3 is 5.32 Å². The molecule has 0 fully saturated rings. The Hall–Kier alpha value is -0.820. The molecule has 82 valence electrons. The van der Waals surface area contributed by atoms with E-state index >= 15 is 0 Å². The van der Waals surface area contributed by atoms with E-state index < -0.39 is 0 Å². The summed E-state index contributed by atoms with van der Waals surface area (Å²) >= 11 is 0. The molecule has 1 aliphatic rings. The third kappa shape index (κ3) is 1.81. The zero-order chi connectivity index (χ0) is 11.0. The topological polar surface area (TPSA) is 12.0 Å². The summed E-state index contributed by atoms with van der Waals surface area (Å²) in [4.78, 5) is 0. The first kappa shape index (κ1) is 10.7. The molecule has 2 unspecified atom stereocenters. The van der Waals surface area contributed by atoms with Crippen molar-refractivity contribution >= 4 is 0 Å². The molecule has 15 heavy (non-hydrogen) atoms. The quantitative estimate of drug-likeness (QED) is 0.778. The average molecular weight is 203 g/mol. The molecule has 1 heteroatoms. The third-order valence-corrected chi connectivity index (χ3v) is 3.46. The summed E-state index contributed by atoms with van der Waals surface area (Å²) in [5.41, 5.74) is 5.98. The van der Waals surface area contributed by atoms with E-state index in [1.54, 1.807) is 11.1 Å². The fraction of sp³-hybridized carbons (Fsp3) is 0.571. The summed E-state index contributed by atoms with van der Waals surface area (Å²) in [6, 6.07) is 5.24. The molecule has 0 heterocycles. The highest BCUT2D eigenvalue weighted by atomic mass is 14.9. The van der Waals surface area contributed by atoms with Crippen LogP contribution in [0.25, 0.3) is 0 Å². The minimum atomic E-state index is 0.575. The average Bonchev–Trinajstić information content (AvgIpc) is 2.43. The van der Waals surface area contributed by atoms with Gasteiger partial charge in [-0.1, -0.05) is 31.5 Å². The van der Waals surface area contributed by atoms with Gasteiger partial charge in [-0.15, -0.1) is 0 Å². The lowest BCUT2D eigenvalue weighted by molar-refractivity contribution is 0.425. The van der Waals surface area contributed by atoms with E-state index in [2.05, 4.69) is 45.1 Å². The highest BCUT2D eigenvalue weighted by Gasteiger charge is 2.29. The molecule has 0 amide bonds. The number of nitrogens with one attached hydrogen (secondary N) is 1. The Bertz CT molecular complexity index is 368. The molecule has 1 N–H and O–H groups in total. The van der Waals surface area contributed by atoms with Crippen molar-refractivity contribution in [2.45, 2.75) is 40.2 Å². The van der Waals surface area contributed by atoms with Gasteiger partial charge in [0.25, 0.3) is 0 Å². The van der Waals surface area contributed by atoms with Crippen molar-refractivity contribution in [2.24, 2.45) is 5.92 Å². The number of hydrogen-bond donors (Lipinski definition) is 1. The Morgan fingerprint density at radius 2 is 2.07 bits per heavy atom. The van der Waals surface area contributed by atoms with Gasteiger partial charge in [0.15, 0.2) is 0 Å². The van der Waals surface area contributed by atoms with Crippen molar-refractivity contribution in [1.82, 2.24) is 5.32 Å². The minimum absolute atomic E-state index is 0.575. The lowest BCUT2D eigenvalue weighted by atomic mass is 9.97. The van der Waals surface area contributed by atoms with E-state index in [-0.39, 0.29) is 0 Å². The number of hydrogen-bond acceptors (Lipinski definition) is 1. The maximum Gasteiger partial charge on any atom is 0.0354 e. The van der Waals surface area contributed by atoms with Gasteiger partial charge in [-0.05, 0) is 49.4 Å². The largest absolute Gasteiger partial charge is 0.310 e. The summed E-state index contributed by atoms with van der Waals surface area (Å²) in [6.45, 7) is 10.0. The molecule has 0 saturated heterocycles. The van der Waals surface area contributed by atoms with Crippen molar-refractivity contribution in [3.05, 3.63) is 34.4 Å². The predicted molar refractivity (Wildman–Crippen MR) is 65.2 cm³/mol. The zero-order valence-electron chi connectivity index (χ0n) is 10.2. The molecule has 0 saturated carbocycles. The van der Waals surface area contributed by atoms with Gasteiger partial charge in [0.05, 0.1) is 0 Å². The molecule has 0 spiro atoms.